The molecule has 0 aliphatic carbocycles. The molecular formula is C14H30O4. The van der Waals surface area contributed by atoms with Crippen molar-refractivity contribution in [2.45, 2.75) is 83.0 Å². The maximum Gasteiger partial charge on any atom is 0.0675 e. The van der Waals surface area contributed by atoms with Gasteiger partial charge in [0.15, 0.2) is 0 Å². The van der Waals surface area contributed by atoms with Gasteiger partial charge in [-0.25, -0.2) is 0 Å². The number of hydrogen-bond donors (Lipinski definition) is 4. The van der Waals surface area contributed by atoms with Crippen LogP contribution in [0.1, 0.15) is 65.7 Å². The lowest BCUT2D eigenvalue weighted by Gasteiger charge is -2.36. The summed E-state index contributed by atoms with van der Waals surface area (Å²) in [4.78, 5) is 0. The minimum Gasteiger partial charge on any atom is -0.396 e. The average molecular weight is 262 g/mol. The van der Waals surface area contributed by atoms with Crippen LogP contribution in [0.2, 0.25) is 0 Å². The van der Waals surface area contributed by atoms with E-state index in [0.717, 1.165) is 6.42 Å². The van der Waals surface area contributed by atoms with Gasteiger partial charge in [0.1, 0.15) is 0 Å². The molecule has 0 aliphatic rings. The third-order valence-corrected chi connectivity index (χ3v) is 3.33. The molecule has 4 N–H and O–H groups in total. The van der Waals surface area contributed by atoms with Crippen LogP contribution in [0.5, 0.6) is 0 Å². The Kier molecular flexibility index (Phi) is 8.03. The van der Waals surface area contributed by atoms with Gasteiger partial charge in [-0.1, -0.05) is 13.3 Å². The zero-order valence-corrected chi connectivity index (χ0v) is 12.0. The van der Waals surface area contributed by atoms with Crippen LogP contribution in [0.4, 0.5) is 0 Å². The summed E-state index contributed by atoms with van der Waals surface area (Å²) in [6.45, 7) is 5.45. The lowest BCUT2D eigenvalue weighted by molar-refractivity contribution is -0.0742. The van der Waals surface area contributed by atoms with Crippen LogP contribution in [-0.4, -0.2) is 44.3 Å². The molecule has 0 aliphatic heterocycles. The van der Waals surface area contributed by atoms with Gasteiger partial charge in [0, 0.05) is 13.0 Å². The third-order valence-electron chi connectivity index (χ3n) is 3.33. The Bertz CT molecular complexity index is 216. The molecule has 0 radical (unpaired) electrons. The first kappa shape index (κ1) is 17.8. The molecule has 0 rings (SSSR count). The summed E-state index contributed by atoms with van der Waals surface area (Å²) in [6, 6.07) is 0. The summed E-state index contributed by atoms with van der Waals surface area (Å²) in [6.07, 6.45) is 3.36. The van der Waals surface area contributed by atoms with E-state index in [1.165, 1.54) is 0 Å². The Morgan fingerprint density at radius 3 is 2.17 bits per heavy atom. The highest BCUT2D eigenvalue weighted by molar-refractivity contribution is 4.88. The van der Waals surface area contributed by atoms with E-state index in [4.69, 9.17) is 5.11 Å². The quantitative estimate of drug-likeness (QED) is 0.482. The van der Waals surface area contributed by atoms with Crippen molar-refractivity contribution in [3.63, 3.8) is 0 Å². The van der Waals surface area contributed by atoms with Gasteiger partial charge in [0.2, 0.25) is 0 Å². The molecule has 0 aromatic carbocycles. The molecule has 0 saturated carbocycles. The molecule has 0 amide bonds. The predicted molar refractivity (Wildman–Crippen MR) is 72.3 cm³/mol. The van der Waals surface area contributed by atoms with Crippen LogP contribution in [-0.2, 0) is 0 Å². The summed E-state index contributed by atoms with van der Waals surface area (Å²) in [5.74, 6) is 0. The van der Waals surface area contributed by atoms with Crippen molar-refractivity contribution in [3.05, 3.63) is 0 Å². The summed E-state index contributed by atoms with van der Waals surface area (Å²) in [5.41, 5.74) is -1.89. The van der Waals surface area contributed by atoms with E-state index in [1.54, 1.807) is 13.8 Å². The molecule has 0 aromatic rings. The first-order chi connectivity index (χ1) is 8.24. The molecule has 0 saturated heterocycles. The van der Waals surface area contributed by atoms with Gasteiger partial charge in [0.25, 0.3) is 0 Å². The molecular weight excluding hydrogens is 232 g/mol. The van der Waals surface area contributed by atoms with E-state index >= 15 is 0 Å². The molecule has 3 atom stereocenters. The highest BCUT2D eigenvalue weighted by atomic mass is 16.3. The van der Waals surface area contributed by atoms with Gasteiger partial charge in [-0.2, -0.15) is 0 Å². The van der Waals surface area contributed by atoms with Gasteiger partial charge in [-0.3, -0.25) is 0 Å². The van der Waals surface area contributed by atoms with E-state index < -0.39 is 17.3 Å². The van der Waals surface area contributed by atoms with E-state index in [2.05, 4.69) is 0 Å². The standard InChI is InChI=1S/C14H30O4/c1-4-7-14(18,9-6-12(2)16)11-13(3,17)8-5-10-15/h12,15-18H,4-11H2,1-3H3. The molecule has 0 bridgehead atoms. The smallest absolute Gasteiger partial charge is 0.0675 e. The molecule has 0 fully saturated rings. The Hall–Kier alpha value is -0.160. The second kappa shape index (κ2) is 8.10. The monoisotopic (exact) mass is 262 g/mol. The zero-order chi connectivity index (χ0) is 14.2. The van der Waals surface area contributed by atoms with Crippen molar-refractivity contribution in [3.8, 4) is 0 Å². The highest BCUT2D eigenvalue weighted by Crippen LogP contribution is 2.32. The number of hydrogen-bond acceptors (Lipinski definition) is 4. The minimum absolute atomic E-state index is 0.0516. The largest absolute Gasteiger partial charge is 0.396 e. The number of rotatable bonds is 10. The highest BCUT2D eigenvalue weighted by Gasteiger charge is 2.34. The van der Waals surface area contributed by atoms with Crippen LogP contribution < -0.4 is 0 Å². The fourth-order valence-electron chi connectivity index (χ4n) is 2.50. The lowest BCUT2D eigenvalue weighted by Crippen LogP contribution is -2.40. The fraction of sp³-hybridized carbons (Fsp3) is 1.00. The second-order valence-electron chi connectivity index (χ2n) is 5.86. The molecule has 0 spiro atoms. The molecule has 110 valence electrons. The lowest BCUT2D eigenvalue weighted by atomic mass is 9.79. The summed E-state index contributed by atoms with van der Waals surface area (Å²) in [5, 5.41) is 38.9. The normalized spacial score (nSPS) is 20.2. The average Bonchev–Trinajstić information content (AvgIpc) is 2.23. The van der Waals surface area contributed by atoms with Crippen LogP contribution in [0.15, 0.2) is 0 Å². The van der Waals surface area contributed by atoms with Gasteiger partial charge in [-0.15, -0.1) is 0 Å². The Morgan fingerprint density at radius 1 is 1.11 bits per heavy atom. The molecule has 0 aromatic heterocycles. The van der Waals surface area contributed by atoms with Gasteiger partial charge in [0.05, 0.1) is 17.3 Å². The van der Waals surface area contributed by atoms with Gasteiger partial charge >= 0.3 is 0 Å². The van der Waals surface area contributed by atoms with Gasteiger partial charge < -0.3 is 20.4 Å². The summed E-state index contributed by atoms with van der Waals surface area (Å²) in [7, 11) is 0. The third kappa shape index (κ3) is 8.03. The van der Waals surface area contributed by atoms with Gasteiger partial charge in [-0.05, 0) is 46.0 Å². The number of aliphatic hydroxyl groups is 4. The van der Waals surface area contributed by atoms with E-state index in [0.29, 0.717) is 38.5 Å². The van der Waals surface area contributed by atoms with Crippen molar-refractivity contribution in [1.29, 1.82) is 0 Å². The van der Waals surface area contributed by atoms with E-state index in [1.807, 2.05) is 6.92 Å². The summed E-state index contributed by atoms with van der Waals surface area (Å²) < 4.78 is 0. The van der Waals surface area contributed by atoms with Crippen LogP contribution in [0.3, 0.4) is 0 Å². The number of aliphatic hydroxyl groups excluding tert-OH is 2. The molecule has 4 nitrogen and oxygen atoms in total. The summed E-state index contributed by atoms with van der Waals surface area (Å²) >= 11 is 0. The van der Waals surface area contributed by atoms with Crippen molar-refractivity contribution in [1.82, 2.24) is 0 Å². The minimum atomic E-state index is -0.967. The maximum atomic E-state index is 10.6. The van der Waals surface area contributed by atoms with E-state index in [-0.39, 0.29) is 6.61 Å². The van der Waals surface area contributed by atoms with E-state index in [9.17, 15) is 15.3 Å². The first-order valence-electron chi connectivity index (χ1n) is 6.98. The van der Waals surface area contributed by atoms with Crippen LogP contribution in [0.25, 0.3) is 0 Å². The predicted octanol–water partition coefficient (Wildman–Crippen LogP) is 1.59. The SMILES string of the molecule is CCCC(O)(CCC(C)O)CC(C)(O)CCCO. The topological polar surface area (TPSA) is 80.9 Å². The van der Waals surface area contributed by atoms with Crippen molar-refractivity contribution >= 4 is 0 Å². The Labute approximate surface area is 111 Å². The van der Waals surface area contributed by atoms with Crippen LogP contribution >= 0.6 is 0 Å². The van der Waals surface area contributed by atoms with Crippen LogP contribution in [0, 0.1) is 0 Å². The maximum absolute atomic E-state index is 10.6. The van der Waals surface area contributed by atoms with Crippen molar-refractivity contribution < 1.29 is 20.4 Å². The molecule has 18 heavy (non-hydrogen) atoms. The fourth-order valence-corrected chi connectivity index (χ4v) is 2.50. The molecule has 4 heteroatoms. The first-order valence-corrected chi connectivity index (χ1v) is 6.98. The Morgan fingerprint density at radius 2 is 1.72 bits per heavy atom. The second-order valence-corrected chi connectivity index (χ2v) is 5.86. The zero-order valence-electron chi connectivity index (χ0n) is 12.0. The Balaban J connectivity index is 4.47. The van der Waals surface area contributed by atoms with Crippen molar-refractivity contribution in [2.24, 2.45) is 0 Å². The molecule has 0 heterocycles. The van der Waals surface area contributed by atoms with Crippen molar-refractivity contribution in [2.75, 3.05) is 6.61 Å². The molecule has 3 unspecified atom stereocenters.